The van der Waals surface area contributed by atoms with Gasteiger partial charge in [-0.25, -0.2) is 4.79 Å². The molecular formula is C30H44O6. The number of esters is 1. The van der Waals surface area contributed by atoms with Crippen LogP contribution in [0, 0.1) is 11.8 Å². The second kappa shape index (κ2) is 13.2. The first-order valence-electron chi connectivity index (χ1n) is 13.9. The first-order chi connectivity index (χ1) is 17.4. The molecule has 200 valence electrons. The highest BCUT2D eigenvalue weighted by atomic mass is 16.6. The van der Waals surface area contributed by atoms with Gasteiger partial charge in [-0.1, -0.05) is 62.3 Å². The molecule has 4 aliphatic rings. The summed E-state index contributed by atoms with van der Waals surface area (Å²) in [5.41, 5.74) is 1.01. The standard InChI is InChI=1S/C30H44O6/c1-20-7-3-9-22(17-20)15-16-25(31)27-19-28-30(36-28)26(32)18-21(2)8-4-10-23-11-5-12-24(34-23)13-6-14-29(33)35-27/h5-6,12,14-16,20,22-28,30-32H,2-4,7-11,13,17-19H2,1H3/t20?,22?,23-,24+,25+,26+,27?,28+,30+/m1/s1. The molecule has 3 unspecified atom stereocenters. The van der Waals surface area contributed by atoms with Gasteiger partial charge in [0.1, 0.15) is 18.3 Å². The summed E-state index contributed by atoms with van der Waals surface area (Å²) in [6.07, 6.45) is 18.3. The SMILES string of the molecule is C=C1CCC[C@@H]2CC=C[C@@H](CC=CC(=O)OC([C@@H](O)C=CC3CCCC(C)C3)C[C@@H]3O[C@H]3[C@@H](O)C1)O2. The smallest absolute Gasteiger partial charge is 0.330 e. The zero-order valence-corrected chi connectivity index (χ0v) is 21.7. The van der Waals surface area contributed by atoms with Crippen LogP contribution < -0.4 is 0 Å². The molecule has 3 heterocycles. The number of allylic oxidation sites excluding steroid dienone is 1. The molecule has 0 radical (unpaired) electrons. The number of epoxide rings is 1. The minimum Gasteiger partial charge on any atom is -0.456 e. The third-order valence-corrected chi connectivity index (χ3v) is 7.96. The fraction of sp³-hybridized carbons (Fsp3) is 0.700. The lowest BCUT2D eigenvalue weighted by Crippen LogP contribution is -2.32. The van der Waals surface area contributed by atoms with Gasteiger partial charge in [0.2, 0.25) is 0 Å². The molecule has 6 nitrogen and oxygen atoms in total. The van der Waals surface area contributed by atoms with Gasteiger partial charge in [0.15, 0.2) is 0 Å². The maximum absolute atomic E-state index is 12.6. The van der Waals surface area contributed by atoms with Crippen molar-refractivity contribution < 1.29 is 29.2 Å². The van der Waals surface area contributed by atoms with Crippen molar-refractivity contribution in [2.24, 2.45) is 11.8 Å². The predicted octanol–water partition coefficient (Wildman–Crippen LogP) is 4.95. The Morgan fingerprint density at radius 2 is 1.97 bits per heavy atom. The zero-order valence-electron chi connectivity index (χ0n) is 21.7. The first kappa shape index (κ1) is 27.3. The number of ether oxygens (including phenoxy) is 3. The van der Waals surface area contributed by atoms with Crippen molar-refractivity contribution in [3.8, 4) is 0 Å². The van der Waals surface area contributed by atoms with Gasteiger partial charge >= 0.3 is 5.97 Å². The minimum atomic E-state index is -0.924. The van der Waals surface area contributed by atoms with Gasteiger partial charge in [0.25, 0.3) is 0 Å². The second-order valence-electron chi connectivity index (χ2n) is 11.3. The number of hydrogen-bond donors (Lipinski definition) is 2. The maximum atomic E-state index is 12.6. The summed E-state index contributed by atoms with van der Waals surface area (Å²) in [6.45, 7) is 6.43. The largest absolute Gasteiger partial charge is 0.456 e. The molecule has 1 aliphatic carbocycles. The summed E-state index contributed by atoms with van der Waals surface area (Å²) in [4.78, 5) is 12.6. The summed E-state index contributed by atoms with van der Waals surface area (Å²) in [5.74, 6) is 0.658. The molecule has 2 fully saturated rings. The normalized spacial score (nSPS) is 39.6. The number of rotatable bonds is 3. The van der Waals surface area contributed by atoms with E-state index in [-0.39, 0.29) is 24.4 Å². The zero-order chi connectivity index (χ0) is 25.5. The van der Waals surface area contributed by atoms with Crippen LogP contribution in [0.5, 0.6) is 0 Å². The molecule has 1 saturated carbocycles. The van der Waals surface area contributed by atoms with E-state index in [1.54, 1.807) is 12.2 Å². The Kier molecular flexibility index (Phi) is 10.00. The van der Waals surface area contributed by atoms with Crippen LogP contribution in [-0.2, 0) is 19.0 Å². The van der Waals surface area contributed by atoms with Crippen LogP contribution >= 0.6 is 0 Å². The molecule has 36 heavy (non-hydrogen) atoms. The van der Waals surface area contributed by atoms with Crippen LogP contribution in [0.4, 0.5) is 0 Å². The average Bonchev–Trinajstić information content (AvgIpc) is 3.61. The van der Waals surface area contributed by atoms with Crippen molar-refractivity contribution in [1.29, 1.82) is 0 Å². The molecule has 1 saturated heterocycles. The van der Waals surface area contributed by atoms with Crippen molar-refractivity contribution in [1.82, 2.24) is 0 Å². The van der Waals surface area contributed by atoms with E-state index in [0.717, 1.165) is 44.1 Å². The molecule has 0 aromatic heterocycles. The van der Waals surface area contributed by atoms with E-state index in [9.17, 15) is 15.0 Å². The van der Waals surface area contributed by atoms with Crippen LogP contribution in [-0.4, -0.2) is 58.9 Å². The fourth-order valence-electron chi connectivity index (χ4n) is 5.85. The van der Waals surface area contributed by atoms with E-state index >= 15 is 0 Å². The molecule has 0 aromatic rings. The number of carbonyl (C=O) groups excluding carboxylic acids is 1. The van der Waals surface area contributed by atoms with E-state index in [1.165, 1.54) is 18.9 Å². The van der Waals surface area contributed by atoms with Gasteiger partial charge in [-0.05, 0) is 63.2 Å². The third-order valence-electron chi connectivity index (χ3n) is 7.96. The summed E-state index contributed by atoms with van der Waals surface area (Å²) in [5, 5.41) is 21.6. The van der Waals surface area contributed by atoms with Gasteiger partial charge in [-0.2, -0.15) is 0 Å². The van der Waals surface area contributed by atoms with Gasteiger partial charge in [0.05, 0.1) is 24.4 Å². The van der Waals surface area contributed by atoms with Gasteiger partial charge in [0, 0.05) is 12.5 Å². The third kappa shape index (κ3) is 8.41. The van der Waals surface area contributed by atoms with Gasteiger partial charge < -0.3 is 24.4 Å². The van der Waals surface area contributed by atoms with Crippen molar-refractivity contribution in [2.45, 2.75) is 120 Å². The molecule has 0 amide bonds. The van der Waals surface area contributed by atoms with E-state index in [0.29, 0.717) is 31.1 Å². The maximum Gasteiger partial charge on any atom is 0.330 e. The van der Waals surface area contributed by atoms with E-state index in [2.05, 4.69) is 25.7 Å². The number of carbonyl (C=O) groups is 1. The minimum absolute atomic E-state index is 0.0560. The quantitative estimate of drug-likeness (QED) is 0.324. The average molecular weight is 501 g/mol. The Morgan fingerprint density at radius 1 is 1.11 bits per heavy atom. The molecule has 2 bridgehead atoms. The fourth-order valence-corrected chi connectivity index (χ4v) is 5.85. The van der Waals surface area contributed by atoms with Crippen LogP contribution in [0.2, 0.25) is 0 Å². The monoisotopic (exact) mass is 500 g/mol. The molecule has 9 atom stereocenters. The Balaban J connectivity index is 1.42. The number of fused-ring (bicyclic) bond motifs is 3. The molecule has 6 heteroatoms. The first-order valence-corrected chi connectivity index (χ1v) is 13.9. The Labute approximate surface area is 216 Å². The highest BCUT2D eigenvalue weighted by molar-refractivity contribution is 5.82. The Morgan fingerprint density at radius 3 is 2.81 bits per heavy atom. The van der Waals surface area contributed by atoms with Crippen molar-refractivity contribution in [2.75, 3.05) is 0 Å². The van der Waals surface area contributed by atoms with Crippen LogP contribution in [0.3, 0.4) is 0 Å². The topological polar surface area (TPSA) is 88.5 Å². The number of aliphatic hydroxyl groups is 2. The van der Waals surface area contributed by atoms with Crippen LogP contribution in [0.15, 0.2) is 48.6 Å². The van der Waals surface area contributed by atoms with Crippen LogP contribution in [0.25, 0.3) is 0 Å². The molecule has 3 aliphatic heterocycles. The van der Waals surface area contributed by atoms with E-state index < -0.39 is 24.3 Å². The summed E-state index contributed by atoms with van der Waals surface area (Å²) in [7, 11) is 0. The Hall–Kier alpha value is -1.73. The highest BCUT2D eigenvalue weighted by Gasteiger charge is 2.46. The lowest BCUT2D eigenvalue weighted by molar-refractivity contribution is -0.148. The molecular weight excluding hydrogens is 456 g/mol. The lowest BCUT2D eigenvalue weighted by atomic mass is 9.82. The number of aliphatic hydroxyl groups excluding tert-OH is 2. The molecule has 4 rings (SSSR count). The highest BCUT2D eigenvalue weighted by Crippen LogP contribution is 2.35. The number of cyclic esters (lactones) is 1. The number of hydrogen-bond acceptors (Lipinski definition) is 6. The molecule has 0 aromatic carbocycles. The van der Waals surface area contributed by atoms with Gasteiger partial charge in [-0.3, -0.25) is 0 Å². The lowest BCUT2D eigenvalue weighted by Gasteiger charge is -2.26. The molecule has 0 spiro atoms. The van der Waals surface area contributed by atoms with Crippen molar-refractivity contribution >= 4 is 5.97 Å². The summed E-state index contributed by atoms with van der Waals surface area (Å²) < 4.78 is 17.6. The van der Waals surface area contributed by atoms with Gasteiger partial charge in [-0.15, -0.1) is 0 Å². The van der Waals surface area contributed by atoms with E-state index in [4.69, 9.17) is 14.2 Å². The molecule has 2 N–H and O–H groups in total. The summed E-state index contributed by atoms with van der Waals surface area (Å²) >= 11 is 0. The predicted molar refractivity (Wildman–Crippen MR) is 139 cm³/mol. The van der Waals surface area contributed by atoms with Crippen molar-refractivity contribution in [3.05, 3.63) is 48.6 Å². The second-order valence-corrected chi connectivity index (χ2v) is 11.3. The van der Waals surface area contributed by atoms with E-state index in [1.807, 2.05) is 6.08 Å². The van der Waals surface area contributed by atoms with Crippen molar-refractivity contribution in [3.63, 3.8) is 0 Å². The van der Waals surface area contributed by atoms with Crippen LogP contribution in [0.1, 0.15) is 77.6 Å². The Bertz CT molecular complexity index is 831. The summed E-state index contributed by atoms with van der Waals surface area (Å²) in [6, 6.07) is 0.